The summed E-state index contributed by atoms with van der Waals surface area (Å²) in [5, 5.41) is 14.8. The van der Waals surface area contributed by atoms with Gasteiger partial charge >= 0.3 is 0 Å². The first kappa shape index (κ1) is 25.2. The van der Waals surface area contributed by atoms with Crippen LogP contribution in [-0.4, -0.2) is 11.1 Å². The number of aromatic hydroxyl groups is 1. The number of phenolic OH excluding ortho intramolecular Hbond substituents is 1. The summed E-state index contributed by atoms with van der Waals surface area (Å²) in [4.78, 5) is 0. The van der Waals surface area contributed by atoms with E-state index < -0.39 is 0 Å². The Labute approximate surface area is 225 Å². The minimum absolute atomic E-state index is 0.369. The van der Waals surface area contributed by atoms with E-state index in [0.29, 0.717) is 35.1 Å². The van der Waals surface area contributed by atoms with Crippen LogP contribution >= 0.6 is 0 Å². The van der Waals surface area contributed by atoms with Gasteiger partial charge < -0.3 is 10.4 Å². The van der Waals surface area contributed by atoms with Crippen molar-refractivity contribution in [1.29, 1.82) is 0 Å². The molecule has 2 heteroatoms. The molecule has 1 aliphatic heterocycles. The molecule has 37 heavy (non-hydrogen) atoms. The summed E-state index contributed by atoms with van der Waals surface area (Å²) in [6, 6.07) is 16.7. The van der Waals surface area contributed by atoms with Gasteiger partial charge in [-0.3, -0.25) is 0 Å². The Hall–Kier alpha value is -2.06. The molecule has 0 aromatic heterocycles. The number of phenols is 1. The van der Waals surface area contributed by atoms with E-state index in [9.17, 15) is 5.11 Å². The number of fused-ring (bicyclic) bond motifs is 3. The van der Waals surface area contributed by atoms with Crippen molar-refractivity contribution in [1.82, 2.24) is 5.32 Å². The largest absolute Gasteiger partial charge is 0.508 e. The lowest BCUT2D eigenvalue weighted by Crippen LogP contribution is -2.43. The maximum absolute atomic E-state index is 10.9. The summed E-state index contributed by atoms with van der Waals surface area (Å²) in [6.07, 6.45) is 17.8. The molecule has 2 nitrogen and oxygen atoms in total. The fraction of sp³-hybridized carbons (Fsp3) is 0.600. The summed E-state index contributed by atoms with van der Waals surface area (Å²) in [6.45, 7) is 7.27. The monoisotopic (exact) mass is 497 g/mol. The fourth-order valence-electron chi connectivity index (χ4n) is 8.81. The van der Waals surface area contributed by atoms with E-state index in [0.717, 1.165) is 24.2 Å². The first-order valence-corrected chi connectivity index (χ1v) is 15.2. The molecule has 2 aromatic carbocycles. The van der Waals surface area contributed by atoms with E-state index >= 15 is 0 Å². The Morgan fingerprint density at radius 2 is 1.81 bits per heavy atom. The van der Waals surface area contributed by atoms with Crippen LogP contribution in [0.1, 0.15) is 113 Å². The zero-order valence-electron chi connectivity index (χ0n) is 23.3. The molecule has 0 amide bonds. The highest BCUT2D eigenvalue weighted by molar-refractivity contribution is 5.46. The highest BCUT2D eigenvalue weighted by Crippen LogP contribution is 2.50. The Balaban J connectivity index is 1.23. The Kier molecular flexibility index (Phi) is 6.99. The van der Waals surface area contributed by atoms with Crippen LogP contribution in [0.5, 0.6) is 5.75 Å². The van der Waals surface area contributed by atoms with Crippen LogP contribution in [0.4, 0.5) is 0 Å². The molecule has 198 valence electrons. The summed E-state index contributed by atoms with van der Waals surface area (Å²) in [5.41, 5.74) is 5.98. The van der Waals surface area contributed by atoms with E-state index in [-0.39, 0.29) is 0 Å². The van der Waals surface area contributed by atoms with Crippen LogP contribution in [0.15, 0.2) is 54.6 Å². The van der Waals surface area contributed by atoms with Crippen molar-refractivity contribution in [3.8, 4) is 5.75 Å². The van der Waals surface area contributed by atoms with Gasteiger partial charge in [-0.2, -0.15) is 0 Å². The predicted octanol–water partition coefficient (Wildman–Crippen LogP) is 8.70. The molecule has 3 aliphatic carbocycles. The van der Waals surface area contributed by atoms with E-state index in [2.05, 4.69) is 80.7 Å². The predicted molar refractivity (Wildman–Crippen MR) is 154 cm³/mol. The Bertz CT molecular complexity index is 1140. The number of nitrogens with one attached hydrogen (secondary N) is 1. The van der Waals surface area contributed by atoms with Crippen molar-refractivity contribution in [3.05, 3.63) is 76.9 Å². The normalized spacial score (nSPS) is 37.5. The SMILES string of the molecule is CC1CC=CC(C)(C2CCCC(Cc3cc(O)cc(C4CC5CCC(C)NC5c5ccccc54)c3)C2)C1. The average Bonchev–Trinajstić information content (AvgIpc) is 2.88. The van der Waals surface area contributed by atoms with Crippen LogP contribution in [0.3, 0.4) is 0 Å². The lowest BCUT2D eigenvalue weighted by atomic mass is 9.61. The molecule has 2 fully saturated rings. The molecule has 8 atom stereocenters. The number of piperidine rings is 1. The molecular formula is C35H47NO. The zero-order chi connectivity index (χ0) is 25.6. The molecular weight excluding hydrogens is 450 g/mol. The van der Waals surface area contributed by atoms with Gasteiger partial charge in [-0.25, -0.2) is 0 Å². The topological polar surface area (TPSA) is 32.3 Å². The number of allylic oxidation sites excluding steroid dienone is 2. The van der Waals surface area contributed by atoms with E-state index in [1.165, 1.54) is 80.0 Å². The number of benzene rings is 2. The van der Waals surface area contributed by atoms with E-state index in [1.807, 2.05) is 0 Å². The zero-order valence-corrected chi connectivity index (χ0v) is 23.3. The summed E-state index contributed by atoms with van der Waals surface area (Å²) >= 11 is 0. The third-order valence-corrected chi connectivity index (χ3v) is 10.6. The molecule has 0 bridgehead atoms. The van der Waals surface area contributed by atoms with E-state index in [1.54, 1.807) is 0 Å². The summed E-state index contributed by atoms with van der Waals surface area (Å²) in [5.74, 6) is 3.83. The molecule has 8 unspecified atom stereocenters. The van der Waals surface area contributed by atoms with Gasteiger partial charge in [0.05, 0.1) is 0 Å². The maximum Gasteiger partial charge on any atom is 0.116 e. The highest BCUT2D eigenvalue weighted by atomic mass is 16.3. The standard InChI is InChI=1S/C35H47NO/c1-23-8-7-15-35(3,22-23)29-10-6-9-25(18-29)16-26-17-28(20-30(37)19-26)33-21-27-14-13-24(2)36-34(27)32-12-5-4-11-31(32)33/h4-5,7,11-12,15,17,19-20,23-25,27,29,33-34,36-37H,6,8-10,13-14,16,18,21-22H2,1-3H3. The van der Waals surface area contributed by atoms with E-state index in [4.69, 9.17) is 0 Å². The highest BCUT2D eigenvalue weighted by Gasteiger charge is 2.39. The Morgan fingerprint density at radius 1 is 0.973 bits per heavy atom. The second-order valence-corrected chi connectivity index (χ2v) is 13.6. The second kappa shape index (κ2) is 10.3. The van der Waals surface area contributed by atoms with Gasteiger partial charge in [0.2, 0.25) is 0 Å². The third-order valence-electron chi connectivity index (χ3n) is 10.6. The maximum atomic E-state index is 10.9. The molecule has 2 N–H and O–H groups in total. The van der Waals surface area contributed by atoms with Crippen molar-refractivity contribution in [3.63, 3.8) is 0 Å². The average molecular weight is 498 g/mol. The third kappa shape index (κ3) is 5.16. The van der Waals surface area contributed by atoms with Gasteiger partial charge in [0.15, 0.2) is 0 Å². The molecule has 0 radical (unpaired) electrons. The minimum atomic E-state index is 0.369. The van der Waals surface area contributed by atoms with Crippen molar-refractivity contribution in [2.45, 2.75) is 103 Å². The van der Waals surface area contributed by atoms with Crippen LogP contribution in [0.2, 0.25) is 0 Å². The molecule has 6 rings (SSSR count). The summed E-state index contributed by atoms with van der Waals surface area (Å²) < 4.78 is 0. The Morgan fingerprint density at radius 3 is 2.65 bits per heavy atom. The number of hydrogen-bond donors (Lipinski definition) is 2. The van der Waals surface area contributed by atoms with Crippen LogP contribution < -0.4 is 5.32 Å². The van der Waals surface area contributed by atoms with Gasteiger partial charge in [0, 0.05) is 18.0 Å². The van der Waals surface area contributed by atoms with Crippen LogP contribution in [0.25, 0.3) is 0 Å². The molecule has 1 saturated heterocycles. The van der Waals surface area contributed by atoms with Crippen molar-refractivity contribution in [2.24, 2.45) is 29.1 Å². The summed E-state index contributed by atoms with van der Waals surface area (Å²) in [7, 11) is 0. The molecule has 0 spiro atoms. The van der Waals surface area contributed by atoms with Crippen LogP contribution in [-0.2, 0) is 6.42 Å². The number of hydrogen-bond acceptors (Lipinski definition) is 2. The van der Waals surface area contributed by atoms with Gasteiger partial charge in [-0.1, -0.05) is 69.2 Å². The number of rotatable bonds is 4. The first-order chi connectivity index (χ1) is 17.9. The second-order valence-electron chi connectivity index (χ2n) is 13.6. The molecule has 1 saturated carbocycles. The minimum Gasteiger partial charge on any atom is -0.508 e. The van der Waals surface area contributed by atoms with Crippen LogP contribution in [0, 0.1) is 29.1 Å². The van der Waals surface area contributed by atoms with Crippen molar-refractivity contribution >= 4 is 0 Å². The molecule has 1 heterocycles. The first-order valence-electron chi connectivity index (χ1n) is 15.2. The van der Waals surface area contributed by atoms with Gasteiger partial charge in [0.1, 0.15) is 5.75 Å². The lowest BCUT2D eigenvalue weighted by Gasteiger charge is -2.44. The lowest BCUT2D eigenvalue weighted by molar-refractivity contribution is 0.119. The molecule has 2 aromatic rings. The molecule has 4 aliphatic rings. The fourth-order valence-corrected chi connectivity index (χ4v) is 8.81. The van der Waals surface area contributed by atoms with Crippen molar-refractivity contribution < 1.29 is 5.11 Å². The quantitative estimate of drug-likeness (QED) is 0.414. The van der Waals surface area contributed by atoms with Gasteiger partial charge in [-0.05, 0) is 122 Å². The smallest absolute Gasteiger partial charge is 0.116 e. The van der Waals surface area contributed by atoms with Crippen molar-refractivity contribution in [2.75, 3.05) is 0 Å². The van der Waals surface area contributed by atoms with Gasteiger partial charge in [0.25, 0.3) is 0 Å². The van der Waals surface area contributed by atoms with Gasteiger partial charge in [-0.15, -0.1) is 0 Å².